The second-order valence-corrected chi connectivity index (χ2v) is 8.62. The van der Waals surface area contributed by atoms with E-state index in [-0.39, 0.29) is 18.1 Å². The molecule has 0 bridgehead atoms. The number of unbranched alkanes of at least 4 members (excludes halogenated alkanes) is 6. The molecule has 31 heavy (non-hydrogen) atoms. The zero-order chi connectivity index (χ0) is 22.5. The van der Waals surface area contributed by atoms with Crippen LogP contribution in [-0.4, -0.2) is 35.0 Å². The number of aryl methyl sites for hydroxylation is 1. The number of ketones is 1. The number of carbonyl (C=O) groups excluding carboxylic acids is 2. The summed E-state index contributed by atoms with van der Waals surface area (Å²) in [4.78, 5) is 36.5. The third-order valence-corrected chi connectivity index (χ3v) is 6.04. The third-order valence-electron chi connectivity index (χ3n) is 6.04. The second kappa shape index (κ2) is 14.0. The molecule has 2 unspecified atom stereocenters. The van der Waals surface area contributed by atoms with Crippen molar-refractivity contribution in [2.24, 2.45) is 5.92 Å². The van der Waals surface area contributed by atoms with Gasteiger partial charge in [-0.25, -0.2) is 0 Å². The number of carboxylic acids is 1. The lowest BCUT2D eigenvalue weighted by atomic mass is 9.93. The van der Waals surface area contributed by atoms with Crippen LogP contribution in [0.3, 0.4) is 0 Å². The lowest BCUT2D eigenvalue weighted by Gasteiger charge is -2.20. The largest absolute Gasteiger partial charge is 0.480 e. The number of rotatable bonds is 15. The van der Waals surface area contributed by atoms with Gasteiger partial charge in [0.05, 0.1) is 12.1 Å². The molecule has 3 N–H and O–H groups in total. The highest BCUT2D eigenvalue weighted by Crippen LogP contribution is 2.23. The van der Waals surface area contributed by atoms with Gasteiger partial charge in [-0.1, -0.05) is 69.4 Å². The van der Waals surface area contributed by atoms with Gasteiger partial charge in [0.1, 0.15) is 11.8 Å². The number of carbonyl (C=O) groups is 3. The summed E-state index contributed by atoms with van der Waals surface area (Å²) >= 11 is 0. The van der Waals surface area contributed by atoms with E-state index in [1.807, 2.05) is 18.2 Å². The fourth-order valence-electron chi connectivity index (χ4n) is 4.19. The monoisotopic (exact) mass is 430 g/mol. The molecule has 0 aromatic heterocycles. The average Bonchev–Trinajstić information content (AvgIpc) is 3.18. The number of Topliss-reactive ketones (excluding diaryl/α,β-unsaturated/α-hetero) is 1. The minimum absolute atomic E-state index is 0.0456. The maximum atomic E-state index is 12.8. The predicted octanol–water partition coefficient (Wildman–Crippen LogP) is 4.22. The maximum Gasteiger partial charge on any atom is 0.320 e. The molecule has 0 spiro atoms. The molecule has 6 nitrogen and oxygen atoms in total. The molecule has 1 amide bonds. The lowest BCUT2D eigenvalue weighted by molar-refractivity contribution is -0.139. The van der Waals surface area contributed by atoms with Crippen LogP contribution in [0.1, 0.15) is 83.1 Å². The van der Waals surface area contributed by atoms with E-state index in [2.05, 4.69) is 29.7 Å². The van der Waals surface area contributed by atoms with Crippen LogP contribution in [0.2, 0.25) is 0 Å². The molecule has 2 rings (SSSR count). The van der Waals surface area contributed by atoms with Gasteiger partial charge in [0.2, 0.25) is 5.91 Å². The van der Waals surface area contributed by atoms with Crippen LogP contribution >= 0.6 is 0 Å². The summed E-state index contributed by atoms with van der Waals surface area (Å²) in [6.45, 7) is 2.15. The molecular formula is C25H38N2O4. The van der Waals surface area contributed by atoms with E-state index in [0.717, 1.165) is 51.4 Å². The Labute approximate surface area is 186 Å². The van der Waals surface area contributed by atoms with Crippen molar-refractivity contribution in [1.29, 1.82) is 0 Å². The quantitative estimate of drug-likeness (QED) is 0.362. The molecule has 0 saturated carbocycles. The standard InChI is InChI=1S/C25H38N2O4/c1-2-3-4-5-12-17-23(29)27-24-20(18-21(26-24)25(30)31)22(28)16-11-7-10-15-19-13-8-6-9-14-19/h6,8-9,13-14,20-21,24,26H,2-5,7,10-12,15-18H2,1H3,(H,27,29)(H,30,31)/t20?,21-,24?/m0/s1. The van der Waals surface area contributed by atoms with Crippen LogP contribution < -0.4 is 10.6 Å². The first-order valence-electron chi connectivity index (χ1n) is 11.9. The smallest absolute Gasteiger partial charge is 0.320 e. The minimum Gasteiger partial charge on any atom is -0.480 e. The molecule has 0 radical (unpaired) electrons. The van der Waals surface area contributed by atoms with E-state index in [4.69, 9.17) is 0 Å². The molecule has 0 aliphatic carbocycles. The van der Waals surface area contributed by atoms with Gasteiger partial charge in [0, 0.05) is 12.8 Å². The molecule has 1 aliphatic rings. The Kier molecular flexibility index (Phi) is 11.3. The predicted molar refractivity (Wildman–Crippen MR) is 122 cm³/mol. The van der Waals surface area contributed by atoms with E-state index < -0.39 is 24.1 Å². The summed E-state index contributed by atoms with van der Waals surface area (Å²) in [6.07, 6.45) is 9.56. The Morgan fingerprint density at radius 1 is 0.968 bits per heavy atom. The van der Waals surface area contributed by atoms with Gasteiger partial charge >= 0.3 is 5.97 Å². The zero-order valence-corrected chi connectivity index (χ0v) is 18.8. The Morgan fingerprint density at radius 2 is 1.65 bits per heavy atom. The van der Waals surface area contributed by atoms with Crippen molar-refractivity contribution in [3.63, 3.8) is 0 Å². The summed E-state index contributed by atoms with van der Waals surface area (Å²) in [6, 6.07) is 9.50. The molecular weight excluding hydrogens is 392 g/mol. The minimum atomic E-state index is -0.975. The fourth-order valence-corrected chi connectivity index (χ4v) is 4.19. The number of aliphatic carboxylic acids is 1. The first kappa shape index (κ1) is 25.1. The average molecular weight is 431 g/mol. The van der Waals surface area contributed by atoms with E-state index >= 15 is 0 Å². The van der Waals surface area contributed by atoms with Crippen LogP contribution in [0.5, 0.6) is 0 Å². The summed E-state index contributed by atoms with van der Waals surface area (Å²) in [7, 11) is 0. The normalized spacial score (nSPS) is 20.5. The Balaban J connectivity index is 1.75. The van der Waals surface area contributed by atoms with Crippen molar-refractivity contribution in [3.8, 4) is 0 Å². The third kappa shape index (κ3) is 9.21. The maximum absolute atomic E-state index is 12.8. The molecule has 172 valence electrons. The highest BCUT2D eigenvalue weighted by atomic mass is 16.4. The van der Waals surface area contributed by atoms with Gasteiger partial charge in [0.25, 0.3) is 0 Å². The SMILES string of the molecule is CCCCCCCC(=O)NC1N[C@H](C(=O)O)CC1C(=O)CCCCCc1ccccc1. The number of hydrogen-bond donors (Lipinski definition) is 3. The van der Waals surface area contributed by atoms with E-state index in [1.54, 1.807) is 0 Å². The second-order valence-electron chi connectivity index (χ2n) is 8.62. The van der Waals surface area contributed by atoms with Gasteiger partial charge in [-0.3, -0.25) is 19.7 Å². The van der Waals surface area contributed by atoms with Crippen molar-refractivity contribution in [3.05, 3.63) is 35.9 Å². The lowest BCUT2D eigenvalue weighted by Crippen LogP contribution is -2.49. The molecule has 1 heterocycles. The van der Waals surface area contributed by atoms with Crippen molar-refractivity contribution in [2.45, 2.75) is 96.2 Å². The molecule has 1 aromatic rings. The summed E-state index contributed by atoms with van der Waals surface area (Å²) < 4.78 is 0. The molecule has 1 saturated heterocycles. The topological polar surface area (TPSA) is 95.5 Å². The Morgan fingerprint density at radius 3 is 2.35 bits per heavy atom. The molecule has 1 aromatic carbocycles. The van der Waals surface area contributed by atoms with Crippen molar-refractivity contribution >= 4 is 17.7 Å². The van der Waals surface area contributed by atoms with E-state index in [0.29, 0.717) is 12.8 Å². The van der Waals surface area contributed by atoms with Gasteiger partial charge in [-0.05, 0) is 37.7 Å². The van der Waals surface area contributed by atoms with Crippen molar-refractivity contribution < 1.29 is 19.5 Å². The van der Waals surface area contributed by atoms with Crippen LogP contribution in [-0.2, 0) is 20.8 Å². The first-order chi connectivity index (χ1) is 15.0. The number of hydrogen-bond acceptors (Lipinski definition) is 4. The number of carboxylic acid groups (broad SMARTS) is 1. The molecule has 1 fully saturated rings. The van der Waals surface area contributed by atoms with Gasteiger partial charge < -0.3 is 10.4 Å². The van der Waals surface area contributed by atoms with Gasteiger partial charge in [-0.15, -0.1) is 0 Å². The van der Waals surface area contributed by atoms with Gasteiger partial charge in [-0.2, -0.15) is 0 Å². The van der Waals surface area contributed by atoms with E-state index in [1.165, 1.54) is 12.0 Å². The van der Waals surface area contributed by atoms with E-state index in [9.17, 15) is 19.5 Å². The van der Waals surface area contributed by atoms with Gasteiger partial charge in [0.15, 0.2) is 0 Å². The first-order valence-corrected chi connectivity index (χ1v) is 11.9. The number of benzene rings is 1. The van der Waals surface area contributed by atoms with Crippen LogP contribution in [0, 0.1) is 5.92 Å². The summed E-state index contributed by atoms with van der Waals surface area (Å²) in [5.74, 6) is -1.51. The summed E-state index contributed by atoms with van der Waals surface area (Å²) in [5.41, 5.74) is 1.30. The van der Waals surface area contributed by atoms with Crippen LogP contribution in [0.15, 0.2) is 30.3 Å². The molecule has 6 heteroatoms. The molecule has 1 aliphatic heterocycles. The molecule has 3 atom stereocenters. The van der Waals surface area contributed by atoms with Crippen molar-refractivity contribution in [2.75, 3.05) is 0 Å². The Hall–Kier alpha value is -2.21. The highest BCUT2D eigenvalue weighted by molar-refractivity contribution is 5.85. The highest BCUT2D eigenvalue weighted by Gasteiger charge is 2.41. The summed E-state index contributed by atoms with van der Waals surface area (Å²) in [5, 5.41) is 15.2. The fraction of sp³-hybridized carbons (Fsp3) is 0.640. The Bertz CT molecular complexity index is 692. The number of amides is 1. The van der Waals surface area contributed by atoms with Crippen LogP contribution in [0.4, 0.5) is 0 Å². The zero-order valence-electron chi connectivity index (χ0n) is 18.8. The number of nitrogens with one attached hydrogen (secondary N) is 2. The van der Waals surface area contributed by atoms with Crippen LogP contribution in [0.25, 0.3) is 0 Å². The van der Waals surface area contributed by atoms with Crippen molar-refractivity contribution in [1.82, 2.24) is 10.6 Å².